The van der Waals surface area contributed by atoms with Crippen molar-refractivity contribution in [3.63, 3.8) is 0 Å². The Kier molecular flexibility index (Phi) is 4.91. The van der Waals surface area contributed by atoms with E-state index >= 15 is 0 Å². The highest BCUT2D eigenvalue weighted by Crippen LogP contribution is 2.34. The molecule has 6 nitrogen and oxygen atoms in total. The number of hydrogen-bond donors (Lipinski definition) is 2. The average Bonchev–Trinajstić information content (AvgIpc) is 3.26. The molecule has 0 fully saturated rings. The van der Waals surface area contributed by atoms with Crippen LogP contribution in [0, 0.1) is 0 Å². The fourth-order valence-corrected chi connectivity index (χ4v) is 3.18. The summed E-state index contributed by atoms with van der Waals surface area (Å²) in [6.07, 6.45) is 1.21. The van der Waals surface area contributed by atoms with Crippen molar-refractivity contribution in [1.82, 2.24) is 0 Å². The summed E-state index contributed by atoms with van der Waals surface area (Å²) in [7, 11) is 0. The molecule has 0 atom stereocenters. The van der Waals surface area contributed by atoms with Gasteiger partial charge in [0.1, 0.15) is 17.1 Å². The Morgan fingerprint density at radius 3 is 2.67 bits per heavy atom. The van der Waals surface area contributed by atoms with Crippen LogP contribution in [0.5, 0.6) is 0 Å². The van der Waals surface area contributed by atoms with E-state index in [0.29, 0.717) is 22.8 Å². The molecule has 2 amide bonds. The summed E-state index contributed by atoms with van der Waals surface area (Å²) in [6.45, 7) is 5.43. The van der Waals surface area contributed by atoms with E-state index < -0.39 is 11.7 Å². The first-order chi connectivity index (χ1) is 14.3. The SMILES string of the molecule is CC(C)(C)OC(=O)Nc1cccc(-c2ccc(C=C3C(=O)Nc4ccccc43)o2)c1. The molecule has 3 aromatic rings. The van der Waals surface area contributed by atoms with E-state index in [1.165, 1.54) is 0 Å². The standard InChI is InChI=1S/C24H22N2O4/c1-24(2,3)30-23(28)25-16-8-6-7-15(13-16)21-12-11-17(29-21)14-19-18-9-4-5-10-20(18)26-22(19)27/h4-14H,1-3H3,(H,25,28)(H,26,27). The fourth-order valence-electron chi connectivity index (χ4n) is 3.18. The van der Waals surface area contributed by atoms with Crippen molar-refractivity contribution in [2.24, 2.45) is 0 Å². The van der Waals surface area contributed by atoms with E-state index in [9.17, 15) is 9.59 Å². The van der Waals surface area contributed by atoms with E-state index in [1.54, 1.807) is 18.2 Å². The predicted molar refractivity (Wildman–Crippen MR) is 117 cm³/mol. The van der Waals surface area contributed by atoms with Crippen LogP contribution in [-0.2, 0) is 9.53 Å². The van der Waals surface area contributed by atoms with E-state index in [4.69, 9.17) is 9.15 Å². The molecule has 30 heavy (non-hydrogen) atoms. The smallest absolute Gasteiger partial charge is 0.412 e. The number of ether oxygens (including phenoxy) is 1. The Hall–Kier alpha value is -3.80. The molecule has 0 saturated carbocycles. The second-order valence-electron chi connectivity index (χ2n) is 7.97. The lowest BCUT2D eigenvalue weighted by atomic mass is 10.1. The molecule has 4 rings (SSSR count). The molecular formula is C24H22N2O4. The molecule has 0 saturated heterocycles. The second kappa shape index (κ2) is 7.55. The van der Waals surface area contributed by atoms with Gasteiger partial charge in [0, 0.05) is 22.5 Å². The molecule has 1 aliphatic rings. The van der Waals surface area contributed by atoms with Gasteiger partial charge in [0.25, 0.3) is 5.91 Å². The van der Waals surface area contributed by atoms with Crippen molar-refractivity contribution in [3.8, 4) is 11.3 Å². The Morgan fingerprint density at radius 2 is 1.87 bits per heavy atom. The van der Waals surface area contributed by atoms with Crippen LogP contribution in [0.15, 0.2) is 65.1 Å². The lowest BCUT2D eigenvalue weighted by molar-refractivity contribution is -0.110. The maximum atomic E-state index is 12.3. The van der Waals surface area contributed by atoms with Gasteiger partial charge in [0.2, 0.25) is 0 Å². The summed E-state index contributed by atoms with van der Waals surface area (Å²) in [4.78, 5) is 24.3. The van der Waals surface area contributed by atoms with Crippen molar-refractivity contribution in [2.75, 3.05) is 10.6 Å². The molecule has 0 radical (unpaired) electrons. The van der Waals surface area contributed by atoms with E-state index in [-0.39, 0.29) is 5.91 Å². The van der Waals surface area contributed by atoms with Crippen molar-refractivity contribution >= 4 is 35.0 Å². The number of fused-ring (bicyclic) bond motifs is 1. The van der Waals surface area contributed by atoms with Crippen molar-refractivity contribution in [2.45, 2.75) is 26.4 Å². The lowest BCUT2D eigenvalue weighted by Gasteiger charge is -2.19. The zero-order chi connectivity index (χ0) is 21.3. The molecule has 2 heterocycles. The summed E-state index contributed by atoms with van der Waals surface area (Å²) in [5.41, 5.74) is 3.03. The minimum absolute atomic E-state index is 0.155. The quantitative estimate of drug-likeness (QED) is 0.544. The highest BCUT2D eigenvalue weighted by molar-refractivity contribution is 6.34. The molecule has 0 unspecified atom stereocenters. The number of furan rings is 1. The summed E-state index contributed by atoms with van der Waals surface area (Å²) in [5.74, 6) is 1.04. The van der Waals surface area contributed by atoms with Crippen LogP contribution in [-0.4, -0.2) is 17.6 Å². The second-order valence-corrected chi connectivity index (χ2v) is 7.97. The van der Waals surface area contributed by atoms with Gasteiger partial charge in [-0.25, -0.2) is 4.79 Å². The minimum atomic E-state index is -0.573. The number of rotatable bonds is 3. The predicted octanol–water partition coefficient (Wildman–Crippen LogP) is 5.79. The van der Waals surface area contributed by atoms with Gasteiger partial charge in [0.05, 0.1) is 5.57 Å². The first-order valence-corrected chi connectivity index (χ1v) is 9.61. The molecule has 152 valence electrons. The van der Waals surface area contributed by atoms with E-state index in [0.717, 1.165) is 16.8 Å². The molecule has 2 N–H and O–H groups in total. The number of carbonyl (C=O) groups excluding carboxylic acids is 2. The van der Waals surface area contributed by atoms with Crippen LogP contribution in [0.1, 0.15) is 32.1 Å². The third kappa shape index (κ3) is 4.27. The molecule has 0 spiro atoms. The first kappa shape index (κ1) is 19.5. The highest BCUT2D eigenvalue weighted by Gasteiger charge is 2.24. The van der Waals surface area contributed by atoms with Crippen molar-refractivity contribution in [3.05, 3.63) is 72.0 Å². The fraction of sp³-hybridized carbons (Fsp3) is 0.167. The van der Waals surface area contributed by atoms with Crippen LogP contribution in [0.4, 0.5) is 16.2 Å². The number of benzene rings is 2. The van der Waals surface area contributed by atoms with Crippen LogP contribution >= 0.6 is 0 Å². The number of amides is 2. The maximum absolute atomic E-state index is 12.3. The van der Waals surface area contributed by atoms with Gasteiger partial charge in [-0.05, 0) is 57.2 Å². The van der Waals surface area contributed by atoms with Crippen LogP contribution < -0.4 is 10.6 Å². The van der Waals surface area contributed by atoms with Gasteiger partial charge >= 0.3 is 6.09 Å². The molecule has 6 heteroatoms. The van der Waals surface area contributed by atoms with Gasteiger partial charge in [0.15, 0.2) is 0 Å². The Balaban J connectivity index is 1.55. The van der Waals surface area contributed by atoms with E-state index in [2.05, 4.69) is 10.6 Å². The number of carbonyl (C=O) groups is 2. The lowest BCUT2D eigenvalue weighted by Crippen LogP contribution is -2.27. The highest BCUT2D eigenvalue weighted by atomic mass is 16.6. The maximum Gasteiger partial charge on any atom is 0.412 e. The zero-order valence-electron chi connectivity index (χ0n) is 17.0. The van der Waals surface area contributed by atoms with Gasteiger partial charge in [-0.1, -0.05) is 30.3 Å². The van der Waals surface area contributed by atoms with Crippen LogP contribution in [0.2, 0.25) is 0 Å². The third-order valence-corrected chi connectivity index (χ3v) is 4.42. The van der Waals surface area contributed by atoms with Gasteiger partial charge in [-0.15, -0.1) is 0 Å². The molecule has 1 aliphatic heterocycles. The van der Waals surface area contributed by atoms with Crippen LogP contribution in [0.25, 0.3) is 23.0 Å². The minimum Gasteiger partial charge on any atom is -0.457 e. The topological polar surface area (TPSA) is 80.6 Å². The average molecular weight is 402 g/mol. The third-order valence-electron chi connectivity index (χ3n) is 4.42. The Bertz CT molecular complexity index is 1150. The molecule has 1 aromatic heterocycles. The Labute approximate surface area is 174 Å². The number of hydrogen-bond acceptors (Lipinski definition) is 4. The molecular weight excluding hydrogens is 380 g/mol. The largest absolute Gasteiger partial charge is 0.457 e. The number of nitrogens with one attached hydrogen (secondary N) is 2. The molecule has 2 aromatic carbocycles. The monoisotopic (exact) mass is 402 g/mol. The summed E-state index contributed by atoms with van der Waals surface area (Å²) >= 11 is 0. The first-order valence-electron chi connectivity index (χ1n) is 9.61. The van der Waals surface area contributed by atoms with Gasteiger partial charge in [-0.3, -0.25) is 10.1 Å². The van der Waals surface area contributed by atoms with Crippen molar-refractivity contribution in [1.29, 1.82) is 0 Å². The number of anilines is 2. The number of para-hydroxylation sites is 1. The van der Waals surface area contributed by atoms with E-state index in [1.807, 2.05) is 69.3 Å². The summed E-state index contributed by atoms with van der Waals surface area (Å²) < 4.78 is 11.2. The van der Waals surface area contributed by atoms with Gasteiger partial charge in [-0.2, -0.15) is 0 Å². The zero-order valence-corrected chi connectivity index (χ0v) is 17.0. The summed E-state index contributed by atoms with van der Waals surface area (Å²) in [6, 6.07) is 18.5. The van der Waals surface area contributed by atoms with Crippen molar-refractivity contribution < 1.29 is 18.7 Å². The molecule has 0 aliphatic carbocycles. The summed E-state index contributed by atoms with van der Waals surface area (Å²) in [5, 5.41) is 5.57. The Morgan fingerprint density at radius 1 is 1.07 bits per heavy atom. The molecule has 0 bridgehead atoms. The van der Waals surface area contributed by atoms with Gasteiger partial charge < -0.3 is 14.5 Å². The normalized spacial score (nSPS) is 14.4. The van der Waals surface area contributed by atoms with Crippen LogP contribution in [0.3, 0.4) is 0 Å².